The molecule has 0 spiro atoms. The number of ether oxygens (including phenoxy) is 1. The second kappa shape index (κ2) is 5.00. The third-order valence-electron chi connectivity index (χ3n) is 4.49. The van der Waals surface area contributed by atoms with Crippen molar-refractivity contribution in [2.75, 3.05) is 13.2 Å². The van der Waals surface area contributed by atoms with Gasteiger partial charge in [0, 0.05) is 13.2 Å². The lowest BCUT2D eigenvalue weighted by molar-refractivity contribution is -0.142. The van der Waals surface area contributed by atoms with E-state index in [-0.39, 0.29) is 18.1 Å². The van der Waals surface area contributed by atoms with Gasteiger partial charge in [-0.2, -0.15) is 0 Å². The van der Waals surface area contributed by atoms with Crippen LogP contribution in [0.4, 0.5) is 4.79 Å². The summed E-state index contributed by atoms with van der Waals surface area (Å²) in [5.41, 5.74) is -0.411. The molecule has 4 unspecified atom stereocenters. The quantitative estimate of drug-likeness (QED) is 0.786. The van der Waals surface area contributed by atoms with E-state index in [1.54, 1.807) is 0 Å². The third kappa shape index (κ3) is 2.54. The number of nitrogens with one attached hydrogen (secondary N) is 1. The second-order valence-electron chi connectivity index (χ2n) is 5.85. The summed E-state index contributed by atoms with van der Waals surface area (Å²) in [5, 5.41) is 12.2. The first-order valence-electron chi connectivity index (χ1n) is 6.78. The van der Waals surface area contributed by atoms with Gasteiger partial charge in [0.25, 0.3) is 0 Å². The van der Waals surface area contributed by atoms with Gasteiger partial charge in [0.05, 0.1) is 11.6 Å². The van der Waals surface area contributed by atoms with E-state index in [9.17, 15) is 14.7 Å². The number of hydrogen-bond donors (Lipinski definition) is 2. The first-order chi connectivity index (χ1) is 8.85. The summed E-state index contributed by atoms with van der Waals surface area (Å²) >= 11 is 0. The van der Waals surface area contributed by atoms with E-state index < -0.39 is 17.6 Å². The maximum absolute atomic E-state index is 12.3. The summed E-state index contributed by atoms with van der Waals surface area (Å²) in [7, 11) is 0. The minimum atomic E-state index is -0.930. The van der Waals surface area contributed by atoms with Crippen LogP contribution in [0.15, 0.2) is 0 Å². The molecular weight excluding hydrogens is 248 g/mol. The van der Waals surface area contributed by atoms with Crippen molar-refractivity contribution in [2.24, 2.45) is 5.92 Å². The fraction of sp³-hybridized carbons (Fsp3) is 0.846. The van der Waals surface area contributed by atoms with Gasteiger partial charge in [-0.1, -0.05) is 6.92 Å². The molecule has 2 saturated heterocycles. The average molecular weight is 270 g/mol. The zero-order chi connectivity index (χ0) is 14.2. The van der Waals surface area contributed by atoms with E-state index >= 15 is 0 Å². The van der Waals surface area contributed by atoms with Crippen LogP contribution in [0.1, 0.15) is 33.6 Å². The number of rotatable bonds is 2. The van der Waals surface area contributed by atoms with Gasteiger partial charge in [0.15, 0.2) is 0 Å². The molecule has 108 valence electrons. The minimum absolute atomic E-state index is 0.00620. The van der Waals surface area contributed by atoms with E-state index in [1.807, 2.05) is 20.8 Å². The van der Waals surface area contributed by atoms with Crippen LogP contribution in [0.25, 0.3) is 0 Å². The molecule has 6 nitrogen and oxygen atoms in total. The molecule has 0 aromatic heterocycles. The van der Waals surface area contributed by atoms with E-state index in [2.05, 4.69) is 5.32 Å². The van der Waals surface area contributed by atoms with Crippen LogP contribution >= 0.6 is 0 Å². The van der Waals surface area contributed by atoms with Gasteiger partial charge < -0.3 is 20.1 Å². The Balaban J connectivity index is 2.06. The highest BCUT2D eigenvalue weighted by Gasteiger charge is 2.44. The second-order valence-corrected chi connectivity index (χ2v) is 5.85. The molecule has 2 aliphatic rings. The first-order valence-corrected chi connectivity index (χ1v) is 6.78. The monoisotopic (exact) mass is 270 g/mol. The number of likely N-dealkylation sites (tertiary alicyclic amines) is 1. The highest BCUT2D eigenvalue weighted by atomic mass is 16.5. The Bertz CT molecular complexity index is 387. The Morgan fingerprint density at radius 1 is 1.42 bits per heavy atom. The number of hydrogen-bond acceptors (Lipinski definition) is 3. The number of aliphatic carboxylic acids is 1. The van der Waals surface area contributed by atoms with Gasteiger partial charge in [-0.3, -0.25) is 0 Å². The normalized spacial score (nSPS) is 38.5. The molecular formula is C13H22N2O4. The van der Waals surface area contributed by atoms with E-state index in [0.29, 0.717) is 13.2 Å². The molecule has 0 radical (unpaired) electrons. The van der Waals surface area contributed by atoms with Gasteiger partial charge in [0.1, 0.15) is 6.04 Å². The smallest absolute Gasteiger partial charge is 0.326 e. The predicted octanol–water partition coefficient (Wildman–Crippen LogP) is 1.06. The maximum atomic E-state index is 12.3. The Morgan fingerprint density at radius 2 is 2.11 bits per heavy atom. The van der Waals surface area contributed by atoms with Gasteiger partial charge in [-0.25, -0.2) is 9.59 Å². The van der Waals surface area contributed by atoms with Crippen LogP contribution in [0.3, 0.4) is 0 Å². The SMILES string of the molecule is CC1CCN(C(=O)NC2(C)CCOC2C)C1C(=O)O. The number of amides is 2. The molecule has 6 heteroatoms. The largest absolute Gasteiger partial charge is 0.480 e. The van der Waals surface area contributed by atoms with Crippen LogP contribution in [0.5, 0.6) is 0 Å². The summed E-state index contributed by atoms with van der Waals surface area (Å²) in [6.45, 7) is 6.85. The highest BCUT2D eigenvalue weighted by molar-refractivity contribution is 5.84. The lowest BCUT2D eigenvalue weighted by Gasteiger charge is -2.33. The van der Waals surface area contributed by atoms with Crippen molar-refractivity contribution in [3.05, 3.63) is 0 Å². The third-order valence-corrected chi connectivity index (χ3v) is 4.49. The van der Waals surface area contributed by atoms with Crippen molar-refractivity contribution in [3.8, 4) is 0 Å². The molecule has 0 aromatic rings. The lowest BCUT2D eigenvalue weighted by atomic mass is 9.95. The molecule has 2 amide bonds. The molecule has 2 aliphatic heterocycles. The van der Waals surface area contributed by atoms with Crippen molar-refractivity contribution in [1.82, 2.24) is 10.2 Å². The molecule has 4 atom stereocenters. The van der Waals surface area contributed by atoms with Crippen LogP contribution in [-0.2, 0) is 9.53 Å². The van der Waals surface area contributed by atoms with Crippen LogP contribution in [-0.4, -0.2) is 52.8 Å². The minimum Gasteiger partial charge on any atom is -0.480 e. The average Bonchev–Trinajstić information content (AvgIpc) is 2.84. The number of carboxylic acids is 1. The van der Waals surface area contributed by atoms with E-state index in [1.165, 1.54) is 4.90 Å². The summed E-state index contributed by atoms with van der Waals surface area (Å²) in [4.78, 5) is 25.0. The highest BCUT2D eigenvalue weighted by Crippen LogP contribution is 2.28. The lowest BCUT2D eigenvalue weighted by Crippen LogP contribution is -2.57. The topological polar surface area (TPSA) is 78.9 Å². The van der Waals surface area contributed by atoms with Crippen molar-refractivity contribution in [1.29, 1.82) is 0 Å². The molecule has 0 bridgehead atoms. The Morgan fingerprint density at radius 3 is 2.63 bits per heavy atom. The van der Waals surface area contributed by atoms with E-state index in [4.69, 9.17) is 4.74 Å². The van der Waals surface area contributed by atoms with Crippen molar-refractivity contribution < 1.29 is 19.4 Å². The number of urea groups is 1. The molecule has 2 N–H and O–H groups in total. The molecule has 2 fully saturated rings. The summed E-state index contributed by atoms with van der Waals surface area (Å²) in [5.74, 6) is -0.936. The molecule has 0 aliphatic carbocycles. The Kier molecular flexibility index (Phi) is 3.71. The number of carboxylic acid groups (broad SMARTS) is 1. The van der Waals surface area contributed by atoms with Gasteiger partial charge in [0.2, 0.25) is 0 Å². The van der Waals surface area contributed by atoms with E-state index in [0.717, 1.165) is 12.8 Å². The number of nitrogens with zero attached hydrogens (tertiary/aromatic N) is 1. The van der Waals surface area contributed by atoms with Gasteiger partial charge in [-0.15, -0.1) is 0 Å². The standard InChI is InChI=1S/C13H22N2O4/c1-8-4-6-15(10(8)11(16)17)12(18)14-13(3)5-7-19-9(13)2/h8-10H,4-7H2,1-3H3,(H,14,18)(H,16,17). The summed E-state index contributed by atoms with van der Waals surface area (Å²) in [6.07, 6.45) is 1.42. The Labute approximate surface area is 113 Å². The van der Waals surface area contributed by atoms with Crippen molar-refractivity contribution in [2.45, 2.75) is 51.3 Å². The zero-order valence-corrected chi connectivity index (χ0v) is 11.7. The van der Waals surface area contributed by atoms with Gasteiger partial charge >= 0.3 is 12.0 Å². The molecule has 2 rings (SSSR count). The zero-order valence-electron chi connectivity index (χ0n) is 11.7. The summed E-state index contributed by atoms with van der Waals surface area (Å²) in [6, 6.07) is -1.02. The van der Waals surface area contributed by atoms with Crippen molar-refractivity contribution in [3.63, 3.8) is 0 Å². The van der Waals surface area contributed by atoms with Gasteiger partial charge in [-0.05, 0) is 32.6 Å². The predicted molar refractivity (Wildman–Crippen MR) is 68.9 cm³/mol. The number of carbonyl (C=O) groups excluding carboxylic acids is 1. The van der Waals surface area contributed by atoms with Crippen LogP contribution in [0, 0.1) is 5.92 Å². The first kappa shape index (κ1) is 14.1. The molecule has 0 saturated carbocycles. The van der Waals surface area contributed by atoms with Crippen molar-refractivity contribution >= 4 is 12.0 Å². The van der Waals surface area contributed by atoms with Crippen LogP contribution in [0.2, 0.25) is 0 Å². The fourth-order valence-electron chi connectivity index (χ4n) is 2.87. The summed E-state index contributed by atoms with van der Waals surface area (Å²) < 4.78 is 5.48. The molecule has 0 aromatic carbocycles. The number of carbonyl (C=O) groups is 2. The molecule has 2 heterocycles. The van der Waals surface area contributed by atoms with Crippen LogP contribution < -0.4 is 5.32 Å². The molecule has 19 heavy (non-hydrogen) atoms. The Hall–Kier alpha value is -1.30. The maximum Gasteiger partial charge on any atom is 0.326 e. The fourth-order valence-corrected chi connectivity index (χ4v) is 2.87.